The molecule has 2 aliphatic rings. The molecule has 1 fully saturated rings. The van der Waals surface area contributed by atoms with Crippen LogP contribution in [0.15, 0.2) is 34.0 Å². The van der Waals surface area contributed by atoms with Crippen LogP contribution in [0.4, 0.5) is 5.69 Å². The second-order valence-electron chi connectivity index (χ2n) is 6.68. The molecule has 1 aromatic heterocycles. The van der Waals surface area contributed by atoms with Crippen molar-refractivity contribution in [2.45, 2.75) is 37.4 Å². The van der Waals surface area contributed by atoms with Gasteiger partial charge in [-0.25, -0.2) is 4.99 Å². The van der Waals surface area contributed by atoms with Gasteiger partial charge < -0.3 is 9.90 Å². The number of hydrogen-bond donors (Lipinski definition) is 2. The van der Waals surface area contributed by atoms with Crippen molar-refractivity contribution >= 4 is 66.2 Å². The summed E-state index contributed by atoms with van der Waals surface area (Å²) in [5.41, 5.74) is 2.70. The number of nitrogens with two attached hydrogens (primary N) is 1. The van der Waals surface area contributed by atoms with E-state index in [4.69, 9.17) is 0 Å². The van der Waals surface area contributed by atoms with Crippen LogP contribution in [-0.2, 0) is 4.79 Å². The Morgan fingerprint density at radius 3 is 2.90 bits per heavy atom. The molecule has 0 unspecified atom stereocenters. The SMILES string of the molecule is Brc1c(NC2=NCC[NH2+]2)ccc2nccnc12.O=C([O-])CCCC[C@@H]1CCSS1. The van der Waals surface area contributed by atoms with Crippen LogP contribution in [0.5, 0.6) is 0 Å². The maximum Gasteiger partial charge on any atom is 0.299 e. The number of aliphatic imine (C=N–C) groups is 1. The van der Waals surface area contributed by atoms with E-state index >= 15 is 0 Å². The number of quaternary nitrogens is 1. The molecule has 0 amide bonds. The van der Waals surface area contributed by atoms with E-state index < -0.39 is 5.97 Å². The van der Waals surface area contributed by atoms with Gasteiger partial charge in [0, 0.05) is 29.4 Å². The molecule has 10 heteroatoms. The standard InChI is InChI=1S/C11H10BrN5.C8H14O2S2/c12-9-7(17-11-15-5-6-16-11)1-2-8-10(9)14-4-3-13-8;9-8(10)4-2-1-3-7-5-6-11-12-7/h1-4H,5-6H2,(H2,15,16,17);7H,1-6H2,(H,9,10)/t;7-/m.1/s1. The monoisotopic (exact) mass is 497 g/mol. The van der Waals surface area contributed by atoms with Gasteiger partial charge in [-0.15, -0.1) is 0 Å². The number of guanidine groups is 1. The Hall–Kier alpha value is -1.36. The van der Waals surface area contributed by atoms with Crippen molar-refractivity contribution in [1.29, 1.82) is 0 Å². The lowest BCUT2D eigenvalue weighted by molar-refractivity contribution is -0.527. The fourth-order valence-electron chi connectivity index (χ4n) is 2.98. The number of carboxylic acids is 1. The molecule has 2 aliphatic heterocycles. The number of rotatable bonds is 6. The van der Waals surface area contributed by atoms with E-state index in [1.54, 1.807) is 12.4 Å². The predicted molar refractivity (Wildman–Crippen MR) is 122 cm³/mol. The Bertz CT molecular complexity index is 862. The first-order valence-corrected chi connectivity index (χ1v) is 12.8. The third-order valence-electron chi connectivity index (χ3n) is 4.47. The van der Waals surface area contributed by atoms with Gasteiger partial charge in [0.25, 0.3) is 5.96 Å². The maximum atomic E-state index is 10.1. The number of hydrogen-bond acceptors (Lipinski definition) is 8. The average Bonchev–Trinajstić information content (AvgIpc) is 3.42. The van der Waals surface area contributed by atoms with Gasteiger partial charge in [0.2, 0.25) is 0 Å². The lowest BCUT2D eigenvalue weighted by atomic mass is 10.1. The Labute approximate surface area is 186 Å². The summed E-state index contributed by atoms with van der Waals surface area (Å²) >= 11 is 3.56. The first-order chi connectivity index (χ1) is 14.1. The minimum Gasteiger partial charge on any atom is -0.550 e. The second-order valence-corrected chi connectivity index (χ2v) is 10.3. The van der Waals surface area contributed by atoms with Gasteiger partial charge in [0.15, 0.2) is 0 Å². The largest absolute Gasteiger partial charge is 0.550 e. The molecule has 4 rings (SSSR count). The van der Waals surface area contributed by atoms with E-state index in [1.165, 1.54) is 18.6 Å². The highest BCUT2D eigenvalue weighted by Crippen LogP contribution is 2.39. The molecular formula is C19H24BrN5O2S2. The van der Waals surface area contributed by atoms with Crippen molar-refractivity contribution in [2.24, 2.45) is 4.99 Å². The number of carboxylic acid groups (broad SMARTS) is 1. The van der Waals surface area contributed by atoms with E-state index in [-0.39, 0.29) is 6.42 Å². The van der Waals surface area contributed by atoms with Gasteiger partial charge in [0.05, 0.1) is 22.2 Å². The first kappa shape index (κ1) is 22.3. The highest BCUT2D eigenvalue weighted by molar-refractivity contribution is 9.10. The van der Waals surface area contributed by atoms with Crippen molar-refractivity contribution in [3.8, 4) is 0 Å². The topological polar surface area (TPSA) is 107 Å². The lowest BCUT2D eigenvalue weighted by Crippen LogP contribution is -2.87. The van der Waals surface area contributed by atoms with Crippen LogP contribution in [0.2, 0.25) is 0 Å². The molecular weight excluding hydrogens is 474 g/mol. The summed E-state index contributed by atoms with van der Waals surface area (Å²) < 4.78 is 0.922. The van der Waals surface area contributed by atoms with Crippen molar-refractivity contribution in [2.75, 3.05) is 24.2 Å². The number of fused-ring (bicyclic) bond motifs is 1. The minimum atomic E-state index is -0.913. The summed E-state index contributed by atoms with van der Waals surface area (Å²) in [5, 5.41) is 16.2. The number of benzene rings is 1. The molecule has 0 spiro atoms. The number of aliphatic carboxylic acids is 1. The van der Waals surface area contributed by atoms with Crippen LogP contribution >= 0.6 is 37.5 Å². The molecule has 0 aliphatic carbocycles. The van der Waals surface area contributed by atoms with E-state index in [1.807, 2.05) is 33.7 Å². The average molecular weight is 498 g/mol. The number of carbonyl (C=O) groups is 1. The summed E-state index contributed by atoms with van der Waals surface area (Å²) in [6, 6.07) is 3.93. The van der Waals surface area contributed by atoms with Gasteiger partial charge in [0.1, 0.15) is 12.1 Å². The van der Waals surface area contributed by atoms with E-state index in [0.29, 0.717) is 0 Å². The van der Waals surface area contributed by atoms with Crippen molar-refractivity contribution in [1.82, 2.24) is 9.97 Å². The Balaban J connectivity index is 0.000000177. The van der Waals surface area contributed by atoms with E-state index in [9.17, 15) is 9.90 Å². The number of carbonyl (C=O) groups excluding carboxylic acids is 1. The van der Waals surface area contributed by atoms with Crippen LogP contribution in [0, 0.1) is 0 Å². The minimum absolute atomic E-state index is 0.227. The first-order valence-electron chi connectivity index (χ1n) is 9.65. The van der Waals surface area contributed by atoms with Crippen molar-refractivity contribution < 1.29 is 15.2 Å². The molecule has 3 heterocycles. The zero-order valence-corrected chi connectivity index (χ0v) is 19.2. The summed E-state index contributed by atoms with van der Waals surface area (Å²) in [5.74, 6) is 1.27. The number of anilines is 1. The van der Waals surface area contributed by atoms with Crippen LogP contribution in [0.3, 0.4) is 0 Å². The summed E-state index contributed by atoms with van der Waals surface area (Å²) in [6.45, 7) is 1.88. The third kappa shape index (κ3) is 7.13. The highest BCUT2D eigenvalue weighted by atomic mass is 79.9. The quantitative estimate of drug-likeness (QED) is 0.465. The number of halogens is 1. The zero-order valence-electron chi connectivity index (χ0n) is 16.0. The second kappa shape index (κ2) is 11.7. The Kier molecular flexibility index (Phi) is 9.03. The van der Waals surface area contributed by atoms with Crippen LogP contribution in [-0.4, -0.2) is 46.0 Å². The van der Waals surface area contributed by atoms with E-state index in [0.717, 1.165) is 58.3 Å². The van der Waals surface area contributed by atoms with Crippen molar-refractivity contribution in [3.63, 3.8) is 0 Å². The Morgan fingerprint density at radius 1 is 1.31 bits per heavy atom. The fourth-order valence-corrected chi connectivity index (χ4v) is 6.55. The van der Waals surface area contributed by atoms with Gasteiger partial charge in [-0.1, -0.05) is 28.0 Å². The van der Waals surface area contributed by atoms with Gasteiger partial charge in [-0.05, 0) is 53.7 Å². The Morgan fingerprint density at radius 2 is 2.17 bits per heavy atom. The molecule has 3 N–H and O–H groups in total. The number of unbranched alkanes of at least 4 members (excludes halogenated alkanes) is 1. The molecule has 0 saturated carbocycles. The normalized spacial score (nSPS) is 18.2. The maximum absolute atomic E-state index is 10.1. The highest BCUT2D eigenvalue weighted by Gasteiger charge is 2.15. The van der Waals surface area contributed by atoms with Crippen LogP contribution in [0.1, 0.15) is 32.1 Å². The number of nitrogens with one attached hydrogen (secondary N) is 1. The molecule has 1 saturated heterocycles. The van der Waals surface area contributed by atoms with E-state index in [2.05, 4.69) is 41.5 Å². The molecule has 156 valence electrons. The molecule has 0 radical (unpaired) electrons. The summed E-state index contributed by atoms with van der Waals surface area (Å²) in [4.78, 5) is 23.0. The van der Waals surface area contributed by atoms with Gasteiger partial charge >= 0.3 is 0 Å². The molecule has 1 aromatic carbocycles. The van der Waals surface area contributed by atoms with Crippen molar-refractivity contribution in [3.05, 3.63) is 29.0 Å². The molecule has 1 atom stereocenters. The summed E-state index contributed by atoms with van der Waals surface area (Å²) in [6.07, 6.45) is 7.89. The third-order valence-corrected chi connectivity index (χ3v) is 8.28. The zero-order chi connectivity index (χ0) is 20.5. The van der Waals surface area contributed by atoms with Crippen LogP contribution in [0.25, 0.3) is 11.0 Å². The number of aromatic nitrogens is 2. The predicted octanol–water partition coefficient (Wildman–Crippen LogP) is 2.19. The van der Waals surface area contributed by atoms with Gasteiger partial charge in [-0.3, -0.25) is 20.6 Å². The number of nitrogens with zero attached hydrogens (tertiary/aromatic N) is 3. The van der Waals surface area contributed by atoms with Gasteiger partial charge in [-0.2, -0.15) is 0 Å². The smallest absolute Gasteiger partial charge is 0.299 e. The summed E-state index contributed by atoms with van der Waals surface area (Å²) in [7, 11) is 3.89. The molecule has 7 nitrogen and oxygen atoms in total. The lowest BCUT2D eigenvalue weighted by Gasteiger charge is -2.07. The molecule has 0 bridgehead atoms. The molecule has 2 aromatic rings. The molecule has 29 heavy (non-hydrogen) atoms. The van der Waals surface area contributed by atoms with Crippen LogP contribution < -0.4 is 15.7 Å². The fraction of sp³-hybridized carbons (Fsp3) is 0.474.